The van der Waals surface area contributed by atoms with Crippen LogP contribution in [-0.2, 0) is 11.3 Å². The third kappa shape index (κ3) is 4.81. The monoisotopic (exact) mass is 445 g/mol. The predicted molar refractivity (Wildman–Crippen MR) is 130 cm³/mol. The molecule has 5 nitrogen and oxygen atoms in total. The summed E-state index contributed by atoms with van der Waals surface area (Å²) in [5.74, 6) is 0.456. The van der Waals surface area contributed by atoms with E-state index in [2.05, 4.69) is 54.6 Å². The average molecular weight is 446 g/mol. The standard InChI is InChI=1S/C26H27N3O2S/c1-3-18(2)19-10-12-20(13-11-19)26(24-9-6-16-32-24)28-25(31)14-15-29-22-8-5-4-7-21(22)23(30)17-27-29/h4-13,16-18,26H,3,14-15H2,1-2H3,(H,28,31)/t18-,26+/m0/s1. The van der Waals surface area contributed by atoms with E-state index in [0.717, 1.165) is 22.4 Å². The molecule has 0 saturated carbocycles. The molecule has 0 bridgehead atoms. The molecule has 0 fully saturated rings. The Balaban J connectivity index is 1.50. The van der Waals surface area contributed by atoms with Gasteiger partial charge in [0.2, 0.25) is 11.3 Å². The van der Waals surface area contributed by atoms with E-state index in [4.69, 9.17) is 0 Å². The number of rotatable bonds is 8. The van der Waals surface area contributed by atoms with Gasteiger partial charge in [0.25, 0.3) is 0 Å². The van der Waals surface area contributed by atoms with E-state index in [9.17, 15) is 9.59 Å². The fourth-order valence-electron chi connectivity index (χ4n) is 3.81. The van der Waals surface area contributed by atoms with Gasteiger partial charge in [-0.15, -0.1) is 11.3 Å². The molecule has 0 spiro atoms. The third-order valence-electron chi connectivity index (χ3n) is 5.90. The molecule has 164 valence electrons. The van der Waals surface area contributed by atoms with Crippen LogP contribution in [0.5, 0.6) is 0 Å². The summed E-state index contributed by atoms with van der Waals surface area (Å²) in [7, 11) is 0. The van der Waals surface area contributed by atoms with Crippen molar-refractivity contribution in [1.29, 1.82) is 0 Å². The molecule has 6 heteroatoms. The number of hydrogen-bond acceptors (Lipinski definition) is 4. The van der Waals surface area contributed by atoms with Gasteiger partial charge in [0.05, 0.1) is 24.3 Å². The minimum absolute atomic E-state index is 0.0565. The molecule has 2 atom stereocenters. The zero-order valence-electron chi connectivity index (χ0n) is 18.3. The highest BCUT2D eigenvalue weighted by atomic mass is 32.1. The van der Waals surface area contributed by atoms with E-state index in [1.165, 1.54) is 11.8 Å². The molecule has 4 aromatic rings. The van der Waals surface area contributed by atoms with Crippen LogP contribution in [0, 0.1) is 0 Å². The number of carbonyl (C=O) groups is 1. The molecule has 0 radical (unpaired) electrons. The predicted octanol–water partition coefficient (Wildman–Crippen LogP) is 5.27. The van der Waals surface area contributed by atoms with E-state index in [1.807, 2.05) is 29.6 Å². The number of thiophene rings is 1. The van der Waals surface area contributed by atoms with Crippen molar-refractivity contribution in [3.63, 3.8) is 0 Å². The fraction of sp³-hybridized carbons (Fsp3) is 0.269. The SMILES string of the molecule is CC[C@H](C)c1ccc([C@@H](NC(=O)CCn2ncc(=O)c3ccccc32)c2cccs2)cc1. The number of para-hydroxylation sites is 1. The van der Waals surface area contributed by atoms with E-state index in [1.54, 1.807) is 22.1 Å². The fourth-order valence-corrected chi connectivity index (χ4v) is 4.61. The average Bonchev–Trinajstić information content (AvgIpc) is 3.37. The zero-order chi connectivity index (χ0) is 22.5. The van der Waals surface area contributed by atoms with Crippen LogP contribution in [0.2, 0.25) is 0 Å². The number of benzene rings is 2. The molecule has 2 aromatic carbocycles. The molecule has 0 aliphatic carbocycles. The molecule has 4 rings (SSSR count). The number of carbonyl (C=O) groups excluding carboxylic acids is 1. The van der Waals surface area contributed by atoms with Gasteiger partial charge in [0.15, 0.2) is 0 Å². The number of aryl methyl sites for hydroxylation is 1. The number of hydrogen-bond donors (Lipinski definition) is 1. The van der Waals surface area contributed by atoms with E-state index in [-0.39, 0.29) is 23.8 Å². The quantitative estimate of drug-likeness (QED) is 0.402. The van der Waals surface area contributed by atoms with Crippen molar-refractivity contribution in [2.75, 3.05) is 0 Å². The molecule has 2 aromatic heterocycles. The van der Waals surface area contributed by atoms with Crippen molar-refractivity contribution in [2.45, 2.75) is 45.2 Å². The van der Waals surface area contributed by atoms with Crippen LogP contribution in [0.1, 0.15) is 54.7 Å². The summed E-state index contributed by atoms with van der Waals surface area (Å²) in [5.41, 5.74) is 3.01. The first-order valence-corrected chi connectivity index (χ1v) is 11.8. The van der Waals surface area contributed by atoms with Crippen LogP contribution in [0.4, 0.5) is 0 Å². The van der Waals surface area contributed by atoms with Gasteiger partial charge >= 0.3 is 0 Å². The largest absolute Gasteiger partial charge is 0.344 e. The highest BCUT2D eigenvalue weighted by molar-refractivity contribution is 7.10. The maximum absolute atomic E-state index is 12.9. The van der Waals surface area contributed by atoms with E-state index >= 15 is 0 Å². The maximum atomic E-state index is 12.9. The Morgan fingerprint density at radius 1 is 1.06 bits per heavy atom. The van der Waals surface area contributed by atoms with Gasteiger partial charge in [-0.3, -0.25) is 14.3 Å². The van der Waals surface area contributed by atoms with Crippen LogP contribution in [0.15, 0.2) is 77.0 Å². The molecule has 32 heavy (non-hydrogen) atoms. The summed E-state index contributed by atoms with van der Waals surface area (Å²) in [4.78, 5) is 26.0. The van der Waals surface area contributed by atoms with Gasteiger partial charge in [0, 0.05) is 16.7 Å². The molecule has 0 unspecified atom stereocenters. The third-order valence-corrected chi connectivity index (χ3v) is 6.83. The Morgan fingerprint density at radius 2 is 1.81 bits per heavy atom. The minimum Gasteiger partial charge on any atom is -0.344 e. The molecule has 0 aliphatic rings. The molecule has 2 heterocycles. The van der Waals surface area contributed by atoms with Gasteiger partial charge in [0.1, 0.15) is 0 Å². The molecule has 1 amide bonds. The minimum atomic E-state index is -0.188. The van der Waals surface area contributed by atoms with Gasteiger partial charge in [-0.1, -0.05) is 56.3 Å². The van der Waals surface area contributed by atoms with Gasteiger partial charge < -0.3 is 5.32 Å². The highest BCUT2D eigenvalue weighted by Crippen LogP contribution is 2.28. The lowest BCUT2D eigenvalue weighted by molar-refractivity contribution is -0.121. The Kier molecular flexibility index (Phi) is 6.81. The first-order valence-electron chi connectivity index (χ1n) is 10.9. The van der Waals surface area contributed by atoms with Gasteiger partial charge in [-0.2, -0.15) is 5.10 Å². The van der Waals surface area contributed by atoms with Crippen molar-refractivity contribution in [3.05, 3.63) is 98.5 Å². The van der Waals surface area contributed by atoms with Gasteiger partial charge in [-0.25, -0.2) is 0 Å². The Labute approximate surface area is 191 Å². The van der Waals surface area contributed by atoms with Crippen LogP contribution in [0.3, 0.4) is 0 Å². The summed E-state index contributed by atoms with van der Waals surface area (Å²) < 4.78 is 1.72. The first kappa shape index (κ1) is 22.0. The van der Waals surface area contributed by atoms with Crippen molar-refractivity contribution in [2.24, 2.45) is 0 Å². The van der Waals surface area contributed by atoms with E-state index < -0.39 is 0 Å². The van der Waals surface area contributed by atoms with Crippen LogP contribution < -0.4 is 10.7 Å². The molecule has 0 saturated heterocycles. The summed E-state index contributed by atoms with van der Waals surface area (Å²) in [5, 5.41) is 10.1. The topological polar surface area (TPSA) is 64.0 Å². The second-order valence-corrected chi connectivity index (χ2v) is 8.97. The molecular formula is C26H27N3O2S. The first-order chi connectivity index (χ1) is 15.6. The van der Waals surface area contributed by atoms with Gasteiger partial charge in [-0.05, 0) is 47.0 Å². The normalized spacial score (nSPS) is 13.1. The van der Waals surface area contributed by atoms with Crippen molar-refractivity contribution >= 4 is 28.1 Å². The number of fused-ring (bicyclic) bond motifs is 1. The molecule has 1 N–H and O–H groups in total. The number of amides is 1. The number of aromatic nitrogens is 2. The Bertz CT molecular complexity index is 1250. The molecular weight excluding hydrogens is 418 g/mol. The van der Waals surface area contributed by atoms with Crippen LogP contribution in [-0.4, -0.2) is 15.7 Å². The van der Waals surface area contributed by atoms with Crippen LogP contribution >= 0.6 is 11.3 Å². The van der Waals surface area contributed by atoms with Crippen molar-refractivity contribution < 1.29 is 4.79 Å². The maximum Gasteiger partial charge on any atom is 0.222 e. The second-order valence-electron chi connectivity index (χ2n) is 7.99. The zero-order valence-corrected chi connectivity index (χ0v) is 19.1. The smallest absolute Gasteiger partial charge is 0.222 e. The van der Waals surface area contributed by atoms with E-state index in [0.29, 0.717) is 17.8 Å². The van der Waals surface area contributed by atoms with Crippen molar-refractivity contribution in [3.8, 4) is 0 Å². The second kappa shape index (κ2) is 9.92. The number of nitrogens with zero attached hydrogens (tertiary/aromatic N) is 2. The molecule has 0 aliphatic heterocycles. The highest BCUT2D eigenvalue weighted by Gasteiger charge is 2.18. The lowest BCUT2D eigenvalue weighted by Crippen LogP contribution is -2.30. The lowest BCUT2D eigenvalue weighted by Gasteiger charge is -2.19. The Morgan fingerprint density at radius 3 is 2.53 bits per heavy atom. The summed E-state index contributed by atoms with van der Waals surface area (Å²) >= 11 is 1.63. The summed E-state index contributed by atoms with van der Waals surface area (Å²) in [6.45, 7) is 4.81. The van der Waals surface area contributed by atoms with Crippen LogP contribution in [0.25, 0.3) is 10.9 Å². The Hall–Kier alpha value is -3.25. The number of nitrogens with one attached hydrogen (secondary N) is 1. The summed E-state index contributed by atoms with van der Waals surface area (Å²) in [6, 6.07) is 19.8. The lowest BCUT2D eigenvalue weighted by atomic mass is 9.95. The van der Waals surface area contributed by atoms with Crippen molar-refractivity contribution in [1.82, 2.24) is 15.1 Å². The summed E-state index contributed by atoms with van der Waals surface area (Å²) in [6.07, 6.45) is 2.68.